The van der Waals surface area contributed by atoms with Gasteiger partial charge in [0.2, 0.25) is 5.95 Å². The SMILES string of the molecule is C[C@H](N1C(Cl)=C(c2c(F)cc(F)cc2F)Cn2ncnc21)C(F)(F)F. The first-order chi connectivity index (χ1) is 11.6. The second kappa shape index (κ2) is 5.94. The third-order valence-electron chi connectivity index (χ3n) is 3.75. The Morgan fingerprint density at radius 2 is 1.76 bits per heavy atom. The Morgan fingerprint density at radius 3 is 2.32 bits per heavy atom. The van der Waals surface area contributed by atoms with Gasteiger partial charge >= 0.3 is 6.18 Å². The summed E-state index contributed by atoms with van der Waals surface area (Å²) in [6.07, 6.45) is -3.70. The molecule has 2 aromatic rings. The fraction of sp³-hybridized carbons (Fsp3) is 0.286. The molecule has 0 spiro atoms. The van der Waals surface area contributed by atoms with Crippen LogP contribution < -0.4 is 4.90 Å². The van der Waals surface area contributed by atoms with Gasteiger partial charge in [-0.25, -0.2) is 17.9 Å². The highest BCUT2D eigenvalue weighted by Crippen LogP contribution is 2.40. The largest absolute Gasteiger partial charge is 0.409 e. The summed E-state index contributed by atoms with van der Waals surface area (Å²) in [5.74, 6) is -3.95. The van der Waals surface area contributed by atoms with Crippen molar-refractivity contribution in [2.24, 2.45) is 0 Å². The zero-order valence-corrected chi connectivity index (χ0v) is 13.2. The number of rotatable bonds is 2. The molecule has 134 valence electrons. The number of hydrogen-bond acceptors (Lipinski definition) is 3. The molecule has 1 aromatic carbocycles. The summed E-state index contributed by atoms with van der Waals surface area (Å²) in [4.78, 5) is 4.30. The Hall–Kier alpha value is -2.23. The van der Waals surface area contributed by atoms with Crippen molar-refractivity contribution in [3.8, 4) is 0 Å². The van der Waals surface area contributed by atoms with Crippen molar-refractivity contribution in [3.63, 3.8) is 0 Å². The van der Waals surface area contributed by atoms with Crippen molar-refractivity contribution in [2.45, 2.75) is 25.7 Å². The van der Waals surface area contributed by atoms with E-state index >= 15 is 0 Å². The number of hydrogen-bond donors (Lipinski definition) is 0. The van der Waals surface area contributed by atoms with Crippen LogP contribution in [0.3, 0.4) is 0 Å². The molecule has 4 nitrogen and oxygen atoms in total. The van der Waals surface area contributed by atoms with E-state index in [0.29, 0.717) is 17.0 Å². The summed E-state index contributed by atoms with van der Waals surface area (Å²) in [6.45, 7) is 0.496. The van der Waals surface area contributed by atoms with Crippen LogP contribution in [0.5, 0.6) is 0 Å². The van der Waals surface area contributed by atoms with Gasteiger partial charge in [0, 0.05) is 17.7 Å². The molecule has 1 aromatic heterocycles. The molecule has 1 aliphatic rings. The Bertz CT molecular complexity index is 836. The van der Waals surface area contributed by atoms with Crippen LogP contribution in [0, 0.1) is 17.5 Å². The number of anilines is 1. The monoisotopic (exact) mass is 382 g/mol. The molecule has 1 aliphatic heterocycles. The molecule has 0 aliphatic carbocycles. The maximum atomic E-state index is 14.1. The van der Waals surface area contributed by atoms with E-state index in [1.165, 1.54) is 0 Å². The Morgan fingerprint density at radius 1 is 1.16 bits per heavy atom. The first kappa shape index (κ1) is 17.6. The fourth-order valence-corrected chi connectivity index (χ4v) is 2.88. The third-order valence-corrected chi connectivity index (χ3v) is 4.16. The summed E-state index contributed by atoms with van der Waals surface area (Å²) >= 11 is 6.05. The quantitative estimate of drug-likeness (QED) is 0.580. The number of allylic oxidation sites excluding steroid dienone is 1. The average Bonchev–Trinajstić information content (AvgIpc) is 2.93. The normalized spacial score (nSPS) is 16.2. The minimum Gasteiger partial charge on any atom is -0.289 e. The molecule has 0 unspecified atom stereocenters. The molecule has 0 bridgehead atoms. The molecule has 0 fully saturated rings. The number of halogens is 7. The molecule has 0 N–H and O–H groups in total. The van der Waals surface area contributed by atoms with E-state index in [-0.39, 0.29) is 18.1 Å². The van der Waals surface area contributed by atoms with Crippen molar-refractivity contribution in [1.82, 2.24) is 14.8 Å². The van der Waals surface area contributed by atoms with Gasteiger partial charge < -0.3 is 0 Å². The highest BCUT2D eigenvalue weighted by molar-refractivity contribution is 6.34. The summed E-state index contributed by atoms with van der Waals surface area (Å²) in [5.41, 5.74) is -1.02. The highest BCUT2D eigenvalue weighted by Gasteiger charge is 2.45. The van der Waals surface area contributed by atoms with Gasteiger partial charge in [-0.1, -0.05) is 11.6 Å². The summed E-state index contributed by atoms with van der Waals surface area (Å²) in [6, 6.07) is -1.29. The van der Waals surface area contributed by atoms with Gasteiger partial charge in [-0.05, 0) is 6.92 Å². The summed E-state index contributed by atoms with van der Waals surface area (Å²) in [5, 5.41) is 3.18. The molecule has 0 radical (unpaired) electrons. The van der Waals surface area contributed by atoms with Crippen LogP contribution in [0.4, 0.5) is 32.3 Å². The van der Waals surface area contributed by atoms with E-state index in [2.05, 4.69) is 10.1 Å². The number of fused-ring (bicyclic) bond motifs is 1. The maximum absolute atomic E-state index is 14.1. The average molecular weight is 383 g/mol. The van der Waals surface area contributed by atoms with Gasteiger partial charge in [0.05, 0.1) is 12.1 Å². The van der Waals surface area contributed by atoms with Crippen molar-refractivity contribution < 1.29 is 26.3 Å². The molecule has 25 heavy (non-hydrogen) atoms. The van der Waals surface area contributed by atoms with E-state index in [4.69, 9.17) is 11.6 Å². The standard InChI is InChI=1S/C14H9ClF6N4/c1-6(14(19,20)21)25-12(15)8(4-24-13(25)22-5-23-24)11-9(17)2-7(16)3-10(11)18/h2-3,5-6H,4H2,1H3/t6-/m0/s1. The lowest BCUT2D eigenvalue weighted by Gasteiger charge is -2.35. The Kier molecular flexibility index (Phi) is 4.18. The summed E-state index contributed by atoms with van der Waals surface area (Å²) in [7, 11) is 0. The van der Waals surface area contributed by atoms with Crippen LogP contribution in [0.2, 0.25) is 0 Å². The van der Waals surface area contributed by atoms with Gasteiger partial charge in [0.25, 0.3) is 0 Å². The lowest BCUT2D eigenvalue weighted by Crippen LogP contribution is -2.45. The zero-order valence-electron chi connectivity index (χ0n) is 12.5. The van der Waals surface area contributed by atoms with Gasteiger partial charge in [-0.3, -0.25) is 4.90 Å². The second-order valence-corrected chi connectivity index (χ2v) is 5.68. The lowest BCUT2D eigenvalue weighted by molar-refractivity contribution is -0.143. The molecule has 1 atom stereocenters. The van der Waals surface area contributed by atoms with Crippen molar-refractivity contribution in [1.29, 1.82) is 0 Å². The first-order valence-electron chi connectivity index (χ1n) is 6.88. The Labute approximate surface area is 142 Å². The molecular weight excluding hydrogens is 374 g/mol. The first-order valence-corrected chi connectivity index (χ1v) is 7.26. The molecular formula is C14H9ClF6N4. The second-order valence-electron chi connectivity index (χ2n) is 5.32. The molecule has 0 amide bonds. The van der Waals surface area contributed by atoms with Crippen LogP contribution >= 0.6 is 11.6 Å². The zero-order chi connectivity index (χ0) is 18.5. The minimum atomic E-state index is -4.70. The van der Waals surface area contributed by atoms with Crippen LogP contribution in [0.15, 0.2) is 23.6 Å². The number of alkyl halides is 3. The maximum Gasteiger partial charge on any atom is 0.409 e. The number of nitrogens with zero attached hydrogens (tertiary/aromatic N) is 4. The molecule has 0 saturated heterocycles. The minimum absolute atomic E-state index is 0.221. The van der Waals surface area contributed by atoms with Crippen LogP contribution in [0.25, 0.3) is 5.57 Å². The van der Waals surface area contributed by atoms with E-state index in [0.717, 1.165) is 17.9 Å². The summed E-state index contributed by atoms with van der Waals surface area (Å²) < 4.78 is 81.8. The molecule has 0 saturated carbocycles. The van der Waals surface area contributed by atoms with E-state index in [1.54, 1.807) is 0 Å². The topological polar surface area (TPSA) is 34.0 Å². The molecule has 3 rings (SSSR count). The lowest BCUT2D eigenvalue weighted by atomic mass is 10.0. The van der Waals surface area contributed by atoms with Gasteiger partial charge in [0.1, 0.15) is 35.0 Å². The van der Waals surface area contributed by atoms with E-state index in [9.17, 15) is 26.3 Å². The predicted molar refractivity (Wildman–Crippen MR) is 77.1 cm³/mol. The number of aromatic nitrogens is 3. The van der Waals surface area contributed by atoms with Crippen molar-refractivity contribution in [2.75, 3.05) is 4.90 Å². The fourth-order valence-electron chi connectivity index (χ4n) is 2.51. The van der Waals surface area contributed by atoms with Gasteiger partial charge in [0.15, 0.2) is 0 Å². The van der Waals surface area contributed by atoms with Crippen LogP contribution in [0.1, 0.15) is 12.5 Å². The van der Waals surface area contributed by atoms with Crippen LogP contribution in [-0.2, 0) is 6.54 Å². The smallest absolute Gasteiger partial charge is 0.289 e. The molecule has 11 heteroatoms. The van der Waals surface area contributed by atoms with Crippen molar-refractivity contribution in [3.05, 3.63) is 46.6 Å². The number of benzene rings is 1. The van der Waals surface area contributed by atoms with Gasteiger partial charge in [-0.15, -0.1) is 0 Å². The predicted octanol–water partition coefficient (Wildman–Crippen LogP) is 4.07. The third kappa shape index (κ3) is 2.94. The van der Waals surface area contributed by atoms with Gasteiger partial charge in [-0.2, -0.15) is 23.3 Å². The van der Waals surface area contributed by atoms with Crippen molar-refractivity contribution >= 4 is 23.1 Å². The van der Waals surface area contributed by atoms with E-state index in [1.807, 2.05) is 0 Å². The van der Waals surface area contributed by atoms with Crippen LogP contribution in [-0.4, -0.2) is 27.0 Å². The van der Waals surface area contributed by atoms with E-state index < -0.39 is 40.4 Å². The highest BCUT2D eigenvalue weighted by atomic mass is 35.5. The Balaban J connectivity index is 2.21. The molecule has 2 heterocycles.